The zero-order valence-corrected chi connectivity index (χ0v) is 7.35. The molecule has 11 heavy (non-hydrogen) atoms. The van der Waals surface area contributed by atoms with E-state index in [-0.39, 0.29) is 0 Å². The second-order valence-corrected chi connectivity index (χ2v) is 3.20. The Kier molecular flexibility index (Phi) is 3.27. The monoisotopic (exact) mass is 152 g/mol. The van der Waals surface area contributed by atoms with Gasteiger partial charge in [-0.05, 0) is 25.8 Å². The second kappa shape index (κ2) is 3.54. The summed E-state index contributed by atoms with van der Waals surface area (Å²) in [6, 6.07) is 0. The molecule has 62 valence electrons. The maximum atomic E-state index is 9.46. The highest BCUT2D eigenvalue weighted by molar-refractivity contribution is 5.23. The van der Waals surface area contributed by atoms with Crippen molar-refractivity contribution in [2.24, 2.45) is 0 Å². The van der Waals surface area contributed by atoms with Gasteiger partial charge in [-0.1, -0.05) is 31.4 Å². The molecule has 1 nitrogen and oxygen atoms in total. The van der Waals surface area contributed by atoms with Gasteiger partial charge >= 0.3 is 0 Å². The highest BCUT2D eigenvalue weighted by Crippen LogP contribution is 2.20. The molecule has 0 amide bonds. The first-order chi connectivity index (χ1) is 4.88. The molecule has 1 N–H and O–H groups in total. The molecule has 0 atom stereocenters. The summed E-state index contributed by atoms with van der Waals surface area (Å²) in [6.45, 7) is 14.5. The lowest BCUT2D eigenvalue weighted by atomic mass is 9.94. The van der Waals surface area contributed by atoms with Gasteiger partial charge in [0.25, 0.3) is 0 Å². The molecule has 1 heteroatoms. The zero-order valence-electron chi connectivity index (χ0n) is 7.35. The van der Waals surface area contributed by atoms with Gasteiger partial charge in [0.15, 0.2) is 0 Å². The van der Waals surface area contributed by atoms with Crippen molar-refractivity contribution >= 4 is 0 Å². The van der Waals surface area contributed by atoms with Crippen LogP contribution in [0.3, 0.4) is 0 Å². The molecule has 0 unspecified atom stereocenters. The predicted molar refractivity (Wildman–Crippen MR) is 49.4 cm³/mol. The normalized spacial score (nSPS) is 10.8. The first-order valence-electron chi connectivity index (χ1n) is 3.58. The van der Waals surface area contributed by atoms with E-state index in [9.17, 15) is 5.11 Å². The van der Waals surface area contributed by atoms with E-state index in [0.717, 1.165) is 11.1 Å². The molecule has 0 fully saturated rings. The average Bonchev–Trinajstić information content (AvgIpc) is 1.85. The molecule has 0 saturated heterocycles. The van der Waals surface area contributed by atoms with Crippen molar-refractivity contribution in [1.82, 2.24) is 0 Å². The Balaban J connectivity index is 4.09. The molecule has 0 aliphatic carbocycles. The number of hydrogen-bond acceptors (Lipinski definition) is 1. The maximum absolute atomic E-state index is 9.46. The summed E-state index contributed by atoms with van der Waals surface area (Å²) >= 11 is 0. The van der Waals surface area contributed by atoms with E-state index in [4.69, 9.17) is 0 Å². The van der Waals surface area contributed by atoms with Crippen molar-refractivity contribution in [1.29, 1.82) is 0 Å². The summed E-state index contributed by atoms with van der Waals surface area (Å²) in [4.78, 5) is 0. The molecule has 0 aliphatic heterocycles. The SMILES string of the molecule is C=CC(=C)CC(=C)C(C)(C)O. The highest BCUT2D eigenvalue weighted by Gasteiger charge is 2.16. The van der Waals surface area contributed by atoms with Gasteiger partial charge in [0.1, 0.15) is 0 Å². The van der Waals surface area contributed by atoms with Crippen LogP contribution in [0.4, 0.5) is 0 Å². The minimum atomic E-state index is -0.814. The van der Waals surface area contributed by atoms with Crippen LogP contribution in [0.5, 0.6) is 0 Å². The minimum Gasteiger partial charge on any atom is -0.386 e. The van der Waals surface area contributed by atoms with Crippen LogP contribution in [0.1, 0.15) is 20.3 Å². The van der Waals surface area contributed by atoms with Gasteiger partial charge in [0, 0.05) is 0 Å². The molecule has 0 heterocycles. The Hall–Kier alpha value is -0.820. The third kappa shape index (κ3) is 3.79. The summed E-state index contributed by atoms with van der Waals surface area (Å²) in [7, 11) is 0. The third-order valence-electron chi connectivity index (χ3n) is 1.59. The molecule has 0 aromatic rings. The fourth-order valence-corrected chi connectivity index (χ4v) is 0.563. The van der Waals surface area contributed by atoms with Crippen molar-refractivity contribution in [2.45, 2.75) is 25.9 Å². The molecule has 0 aromatic carbocycles. The van der Waals surface area contributed by atoms with Crippen molar-refractivity contribution in [3.63, 3.8) is 0 Å². The van der Waals surface area contributed by atoms with Crippen LogP contribution < -0.4 is 0 Å². The molecular weight excluding hydrogens is 136 g/mol. The van der Waals surface area contributed by atoms with Gasteiger partial charge < -0.3 is 5.11 Å². The van der Waals surface area contributed by atoms with Crippen molar-refractivity contribution in [3.8, 4) is 0 Å². The lowest BCUT2D eigenvalue weighted by molar-refractivity contribution is 0.118. The Morgan fingerprint density at radius 3 is 2.18 bits per heavy atom. The van der Waals surface area contributed by atoms with Gasteiger partial charge in [-0.2, -0.15) is 0 Å². The number of rotatable bonds is 4. The Morgan fingerprint density at radius 2 is 1.91 bits per heavy atom. The van der Waals surface area contributed by atoms with Gasteiger partial charge in [-0.15, -0.1) is 0 Å². The fraction of sp³-hybridized carbons (Fsp3) is 0.400. The molecule has 0 radical (unpaired) electrons. The van der Waals surface area contributed by atoms with Crippen molar-refractivity contribution in [3.05, 3.63) is 37.0 Å². The fourth-order valence-electron chi connectivity index (χ4n) is 0.563. The van der Waals surface area contributed by atoms with Crippen LogP contribution in [0.15, 0.2) is 37.0 Å². The molecule has 0 aliphatic rings. The highest BCUT2D eigenvalue weighted by atomic mass is 16.3. The van der Waals surface area contributed by atoms with Crippen LogP contribution in [-0.4, -0.2) is 10.7 Å². The number of allylic oxidation sites excluding steroid dienone is 2. The summed E-state index contributed by atoms with van der Waals surface area (Å²) < 4.78 is 0. The third-order valence-corrected chi connectivity index (χ3v) is 1.59. The largest absolute Gasteiger partial charge is 0.386 e. The van der Waals surface area contributed by atoms with Crippen LogP contribution in [-0.2, 0) is 0 Å². The van der Waals surface area contributed by atoms with Gasteiger partial charge in [0.05, 0.1) is 5.60 Å². The summed E-state index contributed by atoms with van der Waals surface area (Å²) in [6.07, 6.45) is 2.30. The van der Waals surface area contributed by atoms with E-state index in [1.54, 1.807) is 19.9 Å². The standard InChI is InChI=1S/C10H16O/c1-6-8(2)7-9(3)10(4,5)11/h6,11H,1-3,7H2,4-5H3. The molecular formula is C10H16O. The first-order valence-corrected chi connectivity index (χ1v) is 3.58. The average molecular weight is 152 g/mol. The Bertz CT molecular complexity index is 182. The van der Waals surface area contributed by atoms with Crippen LogP contribution in [0.2, 0.25) is 0 Å². The first kappa shape index (κ1) is 10.2. The molecule has 0 aromatic heterocycles. The van der Waals surface area contributed by atoms with E-state index in [1.807, 2.05) is 0 Å². The van der Waals surface area contributed by atoms with E-state index in [2.05, 4.69) is 19.7 Å². The van der Waals surface area contributed by atoms with E-state index < -0.39 is 5.60 Å². The summed E-state index contributed by atoms with van der Waals surface area (Å²) in [5, 5.41) is 9.46. The number of aliphatic hydroxyl groups is 1. The lowest BCUT2D eigenvalue weighted by Crippen LogP contribution is -2.21. The van der Waals surface area contributed by atoms with E-state index in [1.165, 1.54) is 0 Å². The Labute approximate surface area is 68.7 Å². The van der Waals surface area contributed by atoms with Crippen molar-refractivity contribution in [2.75, 3.05) is 0 Å². The van der Waals surface area contributed by atoms with Crippen LogP contribution in [0, 0.1) is 0 Å². The Morgan fingerprint density at radius 1 is 1.45 bits per heavy atom. The van der Waals surface area contributed by atoms with Crippen LogP contribution >= 0.6 is 0 Å². The molecule has 0 rings (SSSR count). The summed E-state index contributed by atoms with van der Waals surface area (Å²) in [5.41, 5.74) is 0.839. The van der Waals surface area contributed by atoms with Gasteiger partial charge in [-0.3, -0.25) is 0 Å². The van der Waals surface area contributed by atoms with Gasteiger partial charge in [0.2, 0.25) is 0 Å². The minimum absolute atomic E-state index is 0.618. The summed E-state index contributed by atoms with van der Waals surface area (Å²) in [5.74, 6) is 0. The quantitative estimate of drug-likeness (QED) is 0.484. The zero-order chi connectivity index (χ0) is 9.07. The van der Waals surface area contributed by atoms with Crippen LogP contribution in [0.25, 0.3) is 0 Å². The smallest absolute Gasteiger partial charge is 0.0801 e. The van der Waals surface area contributed by atoms with Gasteiger partial charge in [-0.25, -0.2) is 0 Å². The van der Waals surface area contributed by atoms with E-state index in [0.29, 0.717) is 6.42 Å². The maximum Gasteiger partial charge on any atom is 0.0801 e. The number of hydrogen-bond donors (Lipinski definition) is 1. The molecule has 0 bridgehead atoms. The van der Waals surface area contributed by atoms with E-state index >= 15 is 0 Å². The topological polar surface area (TPSA) is 20.2 Å². The predicted octanol–water partition coefficient (Wildman–Crippen LogP) is 2.45. The van der Waals surface area contributed by atoms with Crippen molar-refractivity contribution < 1.29 is 5.11 Å². The molecule has 0 saturated carbocycles. The second-order valence-electron chi connectivity index (χ2n) is 3.20. The lowest BCUT2D eigenvalue weighted by Gasteiger charge is -2.20. The molecule has 0 spiro atoms.